The number of hydrogen-bond acceptors (Lipinski definition) is 4. The predicted molar refractivity (Wildman–Crippen MR) is 109 cm³/mol. The van der Waals surface area contributed by atoms with Gasteiger partial charge in [0.2, 0.25) is 0 Å². The van der Waals surface area contributed by atoms with Crippen LogP contribution < -0.4 is 4.74 Å². The molecule has 0 heterocycles. The molecule has 29 heavy (non-hydrogen) atoms. The molecule has 0 N–H and O–H groups in total. The van der Waals surface area contributed by atoms with E-state index in [0.717, 1.165) is 10.6 Å². The quantitative estimate of drug-likeness (QED) is 0.332. The third-order valence-corrected chi connectivity index (χ3v) is 4.15. The van der Waals surface area contributed by atoms with Gasteiger partial charge in [-0.1, -0.05) is 60.7 Å². The van der Waals surface area contributed by atoms with E-state index in [1.54, 1.807) is 7.11 Å². The van der Waals surface area contributed by atoms with E-state index in [9.17, 15) is 13.2 Å². The topological polar surface area (TPSA) is 66.4 Å². The highest BCUT2D eigenvalue weighted by atomic mass is 32.2. The Morgan fingerprint density at radius 1 is 0.793 bits per heavy atom. The lowest BCUT2D eigenvalue weighted by molar-refractivity contribution is -0.0517. The second kappa shape index (κ2) is 11.5. The van der Waals surface area contributed by atoms with Gasteiger partial charge in [-0.05, 0) is 48.0 Å². The van der Waals surface area contributed by atoms with Crippen LogP contribution in [0.1, 0.15) is 0 Å². The molecule has 0 unspecified atom stereocenters. The summed E-state index contributed by atoms with van der Waals surface area (Å²) in [4.78, 5) is 1.07. The molecule has 0 fully saturated rings. The van der Waals surface area contributed by atoms with Crippen LogP contribution in [0.2, 0.25) is 0 Å². The number of alkyl halides is 3. The van der Waals surface area contributed by atoms with Gasteiger partial charge in [-0.25, -0.2) is 8.42 Å². The minimum Gasteiger partial charge on any atom is -0.741 e. The van der Waals surface area contributed by atoms with Gasteiger partial charge in [-0.3, -0.25) is 0 Å². The minimum absolute atomic E-state index is 0.886. The highest BCUT2D eigenvalue weighted by molar-refractivity contribution is 7.86. The zero-order valence-corrected chi connectivity index (χ0v) is 17.1. The first-order chi connectivity index (χ1) is 13.5. The molecule has 0 spiro atoms. The summed E-state index contributed by atoms with van der Waals surface area (Å²) in [5, 5.41) is 0. The lowest BCUT2D eigenvalue weighted by atomic mass is 10.1. The molecular formula is C20H19F3O4S2. The van der Waals surface area contributed by atoms with E-state index in [-0.39, 0.29) is 0 Å². The van der Waals surface area contributed by atoms with Crippen LogP contribution in [0, 0.1) is 0 Å². The van der Waals surface area contributed by atoms with Crippen molar-refractivity contribution in [1.82, 2.24) is 0 Å². The molecule has 0 saturated heterocycles. The van der Waals surface area contributed by atoms with Crippen molar-refractivity contribution in [3.8, 4) is 16.9 Å². The number of halogens is 3. The van der Waals surface area contributed by atoms with E-state index in [1.165, 1.54) is 11.1 Å². The third-order valence-electron chi connectivity index (χ3n) is 3.25. The molecule has 0 aliphatic rings. The molecule has 3 aromatic rings. The smallest absolute Gasteiger partial charge is 0.485 e. The molecule has 0 saturated carbocycles. The lowest BCUT2D eigenvalue weighted by Crippen LogP contribution is -2.21. The van der Waals surface area contributed by atoms with Gasteiger partial charge >= 0.3 is 5.51 Å². The van der Waals surface area contributed by atoms with Gasteiger partial charge in [0.05, 0.1) is 7.11 Å². The van der Waals surface area contributed by atoms with Crippen molar-refractivity contribution in [1.29, 1.82) is 0 Å². The molecule has 0 aliphatic carbocycles. The molecule has 156 valence electrons. The van der Waals surface area contributed by atoms with Crippen LogP contribution in [-0.4, -0.2) is 25.6 Å². The summed E-state index contributed by atoms with van der Waals surface area (Å²) in [5.74, 6) is 0.886. The summed E-state index contributed by atoms with van der Waals surface area (Å²) in [6.45, 7) is 0. The van der Waals surface area contributed by atoms with Gasteiger partial charge in [-0.15, -0.1) is 0 Å². The number of ether oxygens (including phenoxy) is 1. The molecular weight excluding hydrogens is 425 g/mol. The molecule has 3 aromatic carbocycles. The molecule has 3 rings (SSSR count). The Balaban J connectivity index is 0.000000224. The Bertz CT molecular complexity index is 907. The Hall–Kier alpha value is -2.49. The fourth-order valence-electron chi connectivity index (χ4n) is 1.85. The highest BCUT2D eigenvalue weighted by Crippen LogP contribution is 2.20. The van der Waals surface area contributed by atoms with Gasteiger partial charge in [0.25, 0.3) is 0 Å². The van der Waals surface area contributed by atoms with E-state index in [2.05, 4.69) is 61.2 Å². The monoisotopic (exact) mass is 444 g/mol. The summed E-state index contributed by atoms with van der Waals surface area (Å²) in [6.07, 6.45) is 0. The van der Waals surface area contributed by atoms with Gasteiger partial charge < -0.3 is 9.29 Å². The van der Waals surface area contributed by atoms with Gasteiger partial charge in [0, 0.05) is 0 Å². The van der Waals surface area contributed by atoms with Crippen molar-refractivity contribution >= 4 is 22.7 Å². The molecule has 0 bridgehead atoms. The van der Waals surface area contributed by atoms with Crippen LogP contribution in [0.3, 0.4) is 0 Å². The largest absolute Gasteiger partial charge is 0.741 e. The van der Waals surface area contributed by atoms with Crippen molar-refractivity contribution in [2.24, 2.45) is 0 Å². The maximum absolute atomic E-state index is 10.7. The lowest BCUT2D eigenvalue weighted by Gasteiger charge is -2.08. The van der Waals surface area contributed by atoms with Crippen molar-refractivity contribution in [3.63, 3.8) is 0 Å². The number of rotatable bonds is 2. The fourth-order valence-corrected chi connectivity index (χ4v) is 2.02. The molecule has 0 atom stereocenters. The Morgan fingerprint density at radius 2 is 1.14 bits per heavy atom. The molecule has 4 nitrogen and oxygen atoms in total. The Labute approximate surface area is 173 Å². The fraction of sp³-hybridized carbons (Fsp3) is 0.100. The molecule has 0 amide bonds. The van der Waals surface area contributed by atoms with Crippen LogP contribution in [0.25, 0.3) is 11.1 Å². The number of hydrogen-bond donors (Lipinski definition) is 0. The van der Waals surface area contributed by atoms with E-state index >= 15 is 0 Å². The van der Waals surface area contributed by atoms with Crippen molar-refractivity contribution in [2.45, 2.75) is 10.4 Å². The second-order valence-electron chi connectivity index (χ2n) is 5.36. The van der Waals surface area contributed by atoms with E-state index in [0.29, 0.717) is 0 Å². The van der Waals surface area contributed by atoms with E-state index < -0.39 is 15.6 Å². The van der Waals surface area contributed by atoms with Crippen LogP contribution in [0.5, 0.6) is 5.75 Å². The molecule has 0 radical (unpaired) electrons. The van der Waals surface area contributed by atoms with Crippen LogP contribution in [0.15, 0.2) is 89.8 Å². The zero-order chi connectivity index (χ0) is 21.9. The first kappa shape index (κ1) is 24.5. The Kier molecular flexibility index (Phi) is 9.73. The van der Waals surface area contributed by atoms with Gasteiger partial charge in [0.15, 0.2) is 15.0 Å². The maximum atomic E-state index is 10.7. The summed E-state index contributed by atoms with van der Waals surface area (Å²) in [5.41, 5.74) is -3.09. The molecule has 9 heteroatoms. The average Bonchev–Trinajstić information content (AvgIpc) is 2.69. The van der Waals surface area contributed by atoms with E-state index in [4.69, 9.17) is 17.7 Å². The van der Waals surface area contributed by atoms with Gasteiger partial charge in [0.1, 0.15) is 5.75 Å². The van der Waals surface area contributed by atoms with Crippen LogP contribution in [-0.2, 0) is 22.7 Å². The summed E-state index contributed by atoms with van der Waals surface area (Å²) in [7, 11) is -4.43. The molecule has 0 aliphatic heterocycles. The average molecular weight is 444 g/mol. The number of methoxy groups -OCH3 is 1. The predicted octanol–water partition coefficient (Wildman–Crippen LogP) is 4.47. The van der Waals surface area contributed by atoms with Gasteiger partial charge in [-0.2, -0.15) is 13.2 Å². The standard InChI is InChI=1S/C12H10.C7H8OS.CHF3O3S/c1-3-7-11(8-4-1)12-9-5-2-6-10-12;1-8-6-2-4-7(9)5-3-6;2-1(3,4)8(5,6)7/h1-10H;2-5,9H,1H3;(H,5,6,7). The van der Waals surface area contributed by atoms with Crippen LogP contribution in [0.4, 0.5) is 13.2 Å². The van der Waals surface area contributed by atoms with Crippen molar-refractivity contribution in [3.05, 3.63) is 84.9 Å². The first-order valence-corrected chi connectivity index (χ1v) is 9.93. The maximum Gasteiger partial charge on any atom is 0.485 e. The summed E-state index contributed by atoms with van der Waals surface area (Å²) in [6, 6.07) is 28.5. The van der Waals surface area contributed by atoms with Crippen LogP contribution >= 0.6 is 0 Å². The minimum atomic E-state index is -6.09. The summed E-state index contributed by atoms with van der Waals surface area (Å²) < 4.78 is 63.9. The third kappa shape index (κ3) is 9.51. The molecule has 0 aromatic heterocycles. The Morgan fingerprint density at radius 3 is 1.41 bits per heavy atom. The highest BCUT2D eigenvalue weighted by Gasteiger charge is 2.36. The first-order valence-electron chi connectivity index (χ1n) is 8.03. The van der Waals surface area contributed by atoms with Crippen molar-refractivity contribution in [2.75, 3.05) is 7.11 Å². The second-order valence-corrected chi connectivity index (χ2v) is 7.31. The SMILES string of the molecule is COc1ccc([SH2+])cc1.O=S(=O)([O-])C(F)(F)F.c1ccc(-c2ccccc2)cc1. The van der Waals surface area contributed by atoms with Crippen molar-refractivity contribution < 1.29 is 30.9 Å². The number of benzene rings is 3. The summed E-state index contributed by atoms with van der Waals surface area (Å²) >= 11 is 3.37. The zero-order valence-electron chi connectivity index (χ0n) is 15.3. The van der Waals surface area contributed by atoms with E-state index in [1.807, 2.05) is 36.4 Å². The normalized spacial score (nSPS) is 10.7.